The minimum absolute atomic E-state index is 0.0638. The third-order valence-electron chi connectivity index (χ3n) is 3.89. The highest BCUT2D eigenvalue weighted by molar-refractivity contribution is 6.39. The lowest BCUT2D eigenvalue weighted by atomic mass is 10.3. The largest absolute Gasteiger partial charge is 0.346 e. The fourth-order valence-electron chi connectivity index (χ4n) is 2.16. The summed E-state index contributed by atoms with van der Waals surface area (Å²) >= 11 is 0. The van der Waals surface area contributed by atoms with E-state index in [9.17, 15) is 14.4 Å². The molecule has 0 aromatic carbocycles. The van der Waals surface area contributed by atoms with E-state index in [1.165, 1.54) is 18.9 Å². The van der Waals surface area contributed by atoms with Crippen LogP contribution in [0.25, 0.3) is 0 Å². The van der Waals surface area contributed by atoms with E-state index in [0.717, 1.165) is 0 Å². The number of pyridine rings is 1. The van der Waals surface area contributed by atoms with E-state index >= 15 is 0 Å². The zero-order valence-corrected chi connectivity index (χ0v) is 13.1. The number of carbonyl (C=O) groups excluding carboxylic acids is 2. The van der Waals surface area contributed by atoms with Crippen molar-refractivity contribution in [1.29, 1.82) is 0 Å². The van der Waals surface area contributed by atoms with Crippen molar-refractivity contribution in [2.24, 2.45) is 0 Å². The van der Waals surface area contributed by atoms with Gasteiger partial charge in [-0.1, -0.05) is 0 Å². The number of rotatable bonds is 5. The fourth-order valence-corrected chi connectivity index (χ4v) is 2.16. The Labute approximate surface area is 129 Å². The molecule has 2 rings (SSSR count). The van der Waals surface area contributed by atoms with Crippen LogP contribution in [0.2, 0.25) is 0 Å². The van der Waals surface area contributed by atoms with Gasteiger partial charge in [-0.2, -0.15) is 0 Å². The van der Waals surface area contributed by atoms with E-state index in [1.807, 2.05) is 14.0 Å². The number of carbonyl (C=O) groups is 2. The summed E-state index contributed by atoms with van der Waals surface area (Å²) in [5, 5.41) is 4.91. The average Bonchev–Trinajstić information content (AvgIpc) is 3.31. The van der Waals surface area contributed by atoms with Gasteiger partial charge in [0, 0.05) is 24.3 Å². The molecule has 0 aliphatic heterocycles. The summed E-state index contributed by atoms with van der Waals surface area (Å²) in [6.45, 7) is 4.13. The molecule has 3 N–H and O–H groups in total. The maximum absolute atomic E-state index is 11.8. The van der Waals surface area contributed by atoms with Crippen LogP contribution in [0.1, 0.15) is 25.5 Å². The van der Waals surface area contributed by atoms with Crippen molar-refractivity contribution in [2.75, 3.05) is 18.9 Å². The number of nitrogens with one attached hydrogen (secondary N) is 3. The van der Waals surface area contributed by atoms with Crippen molar-refractivity contribution in [3.63, 3.8) is 0 Å². The fraction of sp³-hybridized carbons (Fsp3) is 0.533. The number of likely N-dealkylation sites (N-methyl/N-ethyl adjacent to an activating group) is 1. The summed E-state index contributed by atoms with van der Waals surface area (Å²) in [6, 6.07) is 3.88. The van der Waals surface area contributed by atoms with Crippen LogP contribution in [0, 0.1) is 6.92 Å². The minimum Gasteiger partial charge on any atom is -0.346 e. The Morgan fingerprint density at radius 1 is 1.36 bits per heavy atom. The van der Waals surface area contributed by atoms with Crippen LogP contribution in [0.15, 0.2) is 16.9 Å². The maximum Gasteiger partial charge on any atom is 0.313 e. The zero-order chi connectivity index (χ0) is 16.3. The second-order valence-corrected chi connectivity index (χ2v) is 5.79. The van der Waals surface area contributed by atoms with E-state index in [0.29, 0.717) is 18.3 Å². The summed E-state index contributed by atoms with van der Waals surface area (Å²) in [7, 11) is 2.01. The van der Waals surface area contributed by atoms with Crippen LogP contribution in [0.3, 0.4) is 0 Å². The molecule has 1 heterocycles. The molecule has 22 heavy (non-hydrogen) atoms. The van der Waals surface area contributed by atoms with Gasteiger partial charge in [-0.3, -0.25) is 19.3 Å². The van der Waals surface area contributed by atoms with E-state index < -0.39 is 17.4 Å². The minimum atomic E-state index is -0.837. The van der Waals surface area contributed by atoms with Crippen molar-refractivity contribution in [1.82, 2.24) is 15.2 Å². The third kappa shape index (κ3) is 4.17. The van der Waals surface area contributed by atoms with Gasteiger partial charge < -0.3 is 15.6 Å². The first-order valence-corrected chi connectivity index (χ1v) is 7.39. The van der Waals surface area contributed by atoms with Crippen LogP contribution >= 0.6 is 0 Å². The Hall–Kier alpha value is -2.15. The summed E-state index contributed by atoms with van der Waals surface area (Å²) in [5.74, 6) is -1.58. The van der Waals surface area contributed by atoms with Crippen molar-refractivity contribution in [3.8, 4) is 0 Å². The van der Waals surface area contributed by atoms with Crippen LogP contribution in [-0.4, -0.2) is 47.4 Å². The molecule has 1 saturated carbocycles. The Morgan fingerprint density at radius 2 is 2.05 bits per heavy atom. The number of hydrogen-bond acceptors (Lipinski definition) is 4. The number of amides is 2. The number of aromatic nitrogens is 1. The first-order valence-electron chi connectivity index (χ1n) is 7.39. The Bertz CT molecular complexity index is 621. The van der Waals surface area contributed by atoms with Gasteiger partial charge in [0.2, 0.25) is 0 Å². The molecule has 0 saturated heterocycles. The monoisotopic (exact) mass is 306 g/mol. The van der Waals surface area contributed by atoms with Crippen LogP contribution in [-0.2, 0) is 9.59 Å². The number of H-pyrrole nitrogens is 1. The molecule has 1 fully saturated rings. The van der Waals surface area contributed by atoms with Crippen molar-refractivity contribution in [2.45, 2.75) is 38.8 Å². The van der Waals surface area contributed by atoms with Gasteiger partial charge in [0.1, 0.15) is 5.69 Å². The molecule has 1 unspecified atom stereocenters. The van der Waals surface area contributed by atoms with Gasteiger partial charge in [-0.15, -0.1) is 0 Å². The number of aryl methyl sites for hydroxylation is 1. The summed E-state index contributed by atoms with van der Waals surface area (Å²) in [6.07, 6.45) is 2.37. The molecule has 7 heteroatoms. The highest BCUT2D eigenvalue weighted by Gasteiger charge is 2.29. The van der Waals surface area contributed by atoms with E-state index in [2.05, 4.69) is 20.5 Å². The maximum atomic E-state index is 11.8. The van der Waals surface area contributed by atoms with Crippen LogP contribution in [0.4, 0.5) is 5.69 Å². The molecule has 1 aromatic rings. The second kappa shape index (κ2) is 6.74. The summed E-state index contributed by atoms with van der Waals surface area (Å²) in [5.41, 5.74) is 0.321. The molecule has 1 atom stereocenters. The van der Waals surface area contributed by atoms with Gasteiger partial charge in [-0.05, 0) is 45.9 Å². The molecule has 0 spiro atoms. The SMILES string of the molecule is Cc1ccc(NC(=O)C(=O)NCC(C)N(C)C2CC2)c(=O)[nH]1. The Balaban J connectivity index is 1.84. The van der Waals surface area contributed by atoms with Gasteiger partial charge >= 0.3 is 11.8 Å². The zero-order valence-electron chi connectivity index (χ0n) is 13.1. The van der Waals surface area contributed by atoms with Crippen LogP contribution in [0.5, 0.6) is 0 Å². The number of anilines is 1. The lowest BCUT2D eigenvalue weighted by molar-refractivity contribution is -0.136. The smallest absolute Gasteiger partial charge is 0.313 e. The van der Waals surface area contributed by atoms with E-state index in [4.69, 9.17) is 0 Å². The molecule has 0 radical (unpaired) electrons. The average molecular weight is 306 g/mol. The third-order valence-corrected chi connectivity index (χ3v) is 3.89. The van der Waals surface area contributed by atoms with Crippen molar-refractivity contribution < 1.29 is 9.59 Å². The van der Waals surface area contributed by atoms with E-state index in [1.54, 1.807) is 13.0 Å². The molecular weight excluding hydrogens is 284 g/mol. The summed E-state index contributed by atoms with van der Waals surface area (Å²) < 4.78 is 0. The molecule has 1 aliphatic carbocycles. The Morgan fingerprint density at radius 3 is 2.64 bits per heavy atom. The first-order chi connectivity index (χ1) is 10.4. The van der Waals surface area contributed by atoms with Crippen molar-refractivity contribution >= 4 is 17.5 Å². The predicted molar refractivity (Wildman–Crippen MR) is 83.7 cm³/mol. The molecule has 0 bridgehead atoms. The van der Waals surface area contributed by atoms with Gasteiger partial charge in [0.25, 0.3) is 5.56 Å². The number of aromatic amines is 1. The molecule has 120 valence electrons. The second-order valence-electron chi connectivity index (χ2n) is 5.79. The molecule has 1 aliphatic rings. The highest BCUT2D eigenvalue weighted by Crippen LogP contribution is 2.26. The quantitative estimate of drug-likeness (QED) is 0.678. The lowest BCUT2D eigenvalue weighted by Crippen LogP contribution is -2.44. The topological polar surface area (TPSA) is 94.3 Å². The first kappa shape index (κ1) is 16.2. The van der Waals surface area contributed by atoms with E-state index in [-0.39, 0.29) is 11.7 Å². The van der Waals surface area contributed by atoms with Gasteiger partial charge in [0.15, 0.2) is 0 Å². The molecular formula is C15H22N4O3. The Kier molecular flexibility index (Phi) is 4.97. The number of hydrogen-bond donors (Lipinski definition) is 3. The molecule has 7 nitrogen and oxygen atoms in total. The highest BCUT2D eigenvalue weighted by atomic mass is 16.2. The standard InChI is InChI=1S/C15H22N4O3/c1-9-4-7-12(13(20)17-9)18-15(22)14(21)16-8-10(2)19(3)11-5-6-11/h4,7,10-11H,5-6,8H2,1-3H3,(H,16,21)(H,17,20)(H,18,22). The summed E-state index contributed by atoms with van der Waals surface area (Å²) in [4.78, 5) is 40.0. The number of nitrogens with zero attached hydrogens (tertiary/aromatic N) is 1. The molecule has 1 aromatic heterocycles. The normalized spacial score (nSPS) is 15.5. The van der Waals surface area contributed by atoms with Gasteiger partial charge in [-0.25, -0.2) is 0 Å². The lowest BCUT2D eigenvalue weighted by Gasteiger charge is -2.24. The predicted octanol–water partition coefficient (Wildman–Crippen LogP) is 0.221. The molecule has 2 amide bonds. The van der Waals surface area contributed by atoms with Crippen molar-refractivity contribution in [3.05, 3.63) is 28.2 Å². The van der Waals surface area contributed by atoms with Gasteiger partial charge in [0.05, 0.1) is 0 Å². The van der Waals surface area contributed by atoms with Crippen LogP contribution < -0.4 is 16.2 Å².